The smallest absolute Gasteiger partial charge is 0.238 e. The highest BCUT2D eigenvalue weighted by Gasteiger charge is 2.21. The third-order valence-electron chi connectivity index (χ3n) is 4.62. The molecule has 7 heteroatoms. The van der Waals surface area contributed by atoms with Crippen molar-refractivity contribution in [3.8, 4) is 17.2 Å². The molecule has 0 radical (unpaired) electrons. The fraction of sp³-hybridized carbons (Fsp3) is 0.316. The van der Waals surface area contributed by atoms with Gasteiger partial charge < -0.3 is 24.8 Å². The number of fused-ring (bicyclic) bond motifs is 1. The Morgan fingerprint density at radius 2 is 1.81 bits per heavy atom. The Hall–Kier alpha value is -2.93. The fourth-order valence-corrected chi connectivity index (χ4v) is 3.26. The van der Waals surface area contributed by atoms with Crippen molar-refractivity contribution in [2.24, 2.45) is 0 Å². The molecule has 26 heavy (non-hydrogen) atoms. The molecular weight excluding hydrogens is 334 g/mol. The Labute approximate surface area is 151 Å². The summed E-state index contributed by atoms with van der Waals surface area (Å²) in [5, 5.41) is 12.9. The molecule has 0 atom stereocenters. The number of carbonyl (C=O) groups is 1. The zero-order valence-electron chi connectivity index (χ0n) is 14.4. The lowest BCUT2D eigenvalue weighted by Crippen LogP contribution is -2.48. The predicted octanol–water partition coefficient (Wildman–Crippen LogP) is 1.88. The highest BCUT2D eigenvalue weighted by Crippen LogP contribution is 2.34. The van der Waals surface area contributed by atoms with Gasteiger partial charge in [-0.05, 0) is 24.3 Å². The van der Waals surface area contributed by atoms with Crippen molar-refractivity contribution in [3.05, 3.63) is 42.5 Å². The first-order valence-corrected chi connectivity index (χ1v) is 8.64. The average Bonchev–Trinajstić information content (AvgIpc) is 3.11. The van der Waals surface area contributed by atoms with E-state index in [1.165, 1.54) is 0 Å². The van der Waals surface area contributed by atoms with Crippen molar-refractivity contribution < 1.29 is 19.4 Å². The van der Waals surface area contributed by atoms with Crippen molar-refractivity contribution in [3.63, 3.8) is 0 Å². The molecule has 2 aromatic rings. The number of amides is 1. The number of phenols is 1. The minimum atomic E-state index is -0.0557. The van der Waals surface area contributed by atoms with Crippen molar-refractivity contribution in [1.29, 1.82) is 0 Å². The zero-order chi connectivity index (χ0) is 17.9. The van der Waals surface area contributed by atoms with Gasteiger partial charge in [-0.3, -0.25) is 9.69 Å². The summed E-state index contributed by atoms with van der Waals surface area (Å²) in [7, 11) is 0. The van der Waals surface area contributed by atoms with Crippen LogP contribution in [0.1, 0.15) is 0 Å². The van der Waals surface area contributed by atoms with Gasteiger partial charge in [-0.1, -0.05) is 12.1 Å². The van der Waals surface area contributed by atoms with Gasteiger partial charge in [0, 0.05) is 37.9 Å². The lowest BCUT2D eigenvalue weighted by Gasteiger charge is -2.35. The first kappa shape index (κ1) is 16.5. The molecule has 7 nitrogen and oxygen atoms in total. The van der Waals surface area contributed by atoms with E-state index in [9.17, 15) is 9.90 Å². The van der Waals surface area contributed by atoms with Gasteiger partial charge in [-0.2, -0.15) is 0 Å². The van der Waals surface area contributed by atoms with Gasteiger partial charge in [0.05, 0.1) is 12.2 Å². The number of hydrogen-bond acceptors (Lipinski definition) is 6. The van der Waals surface area contributed by atoms with Crippen LogP contribution < -0.4 is 19.7 Å². The Kier molecular flexibility index (Phi) is 4.53. The third-order valence-corrected chi connectivity index (χ3v) is 4.62. The quantitative estimate of drug-likeness (QED) is 0.872. The molecule has 2 N–H and O–H groups in total. The molecule has 0 bridgehead atoms. The molecule has 0 spiro atoms. The van der Waals surface area contributed by atoms with E-state index in [1.807, 2.05) is 24.3 Å². The van der Waals surface area contributed by atoms with Crippen molar-refractivity contribution in [2.75, 3.05) is 49.7 Å². The van der Waals surface area contributed by atoms with E-state index in [-0.39, 0.29) is 12.7 Å². The van der Waals surface area contributed by atoms with Crippen LogP contribution in [0.5, 0.6) is 17.2 Å². The number of rotatable bonds is 4. The number of para-hydroxylation sites is 2. The maximum Gasteiger partial charge on any atom is 0.238 e. The molecule has 2 heterocycles. The highest BCUT2D eigenvalue weighted by atomic mass is 16.7. The molecule has 0 saturated carbocycles. The number of nitrogens with one attached hydrogen (secondary N) is 1. The van der Waals surface area contributed by atoms with Crippen LogP contribution in [0.2, 0.25) is 0 Å². The van der Waals surface area contributed by atoms with Crippen LogP contribution in [0.15, 0.2) is 42.5 Å². The summed E-state index contributed by atoms with van der Waals surface area (Å²) in [5.41, 5.74) is 1.55. The van der Waals surface area contributed by atoms with Crippen LogP contribution in [0.25, 0.3) is 0 Å². The predicted molar refractivity (Wildman–Crippen MR) is 98.0 cm³/mol. The number of carbonyl (C=O) groups excluding carboxylic acids is 1. The van der Waals surface area contributed by atoms with E-state index in [1.54, 1.807) is 18.2 Å². The molecule has 1 fully saturated rings. The normalized spacial score (nSPS) is 16.5. The minimum Gasteiger partial charge on any atom is -0.506 e. The van der Waals surface area contributed by atoms with Gasteiger partial charge in [-0.25, -0.2) is 0 Å². The molecule has 2 aliphatic heterocycles. The summed E-state index contributed by atoms with van der Waals surface area (Å²) in [5.74, 6) is 1.59. The second kappa shape index (κ2) is 7.13. The highest BCUT2D eigenvalue weighted by molar-refractivity contribution is 5.92. The van der Waals surface area contributed by atoms with Crippen LogP contribution in [0.4, 0.5) is 11.4 Å². The number of ether oxygens (including phenoxy) is 2. The monoisotopic (exact) mass is 355 g/mol. The minimum absolute atomic E-state index is 0.0557. The second-order valence-corrected chi connectivity index (χ2v) is 6.37. The third kappa shape index (κ3) is 3.52. The molecule has 1 amide bonds. The van der Waals surface area contributed by atoms with E-state index in [2.05, 4.69) is 15.1 Å². The fourth-order valence-electron chi connectivity index (χ4n) is 3.26. The van der Waals surface area contributed by atoms with E-state index in [0.717, 1.165) is 31.9 Å². The number of phenolic OH excluding ortho intramolecular Hbond substituents is 1. The van der Waals surface area contributed by atoms with Crippen LogP contribution in [-0.4, -0.2) is 55.4 Å². The van der Waals surface area contributed by atoms with E-state index < -0.39 is 0 Å². The molecule has 2 aliphatic rings. The van der Waals surface area contributed by atoms with Crippen LogP contribution in [0.3, 0.4) is 0 Å². The number of piperazine rings is 1. The number of hydrogen-bond donors (Lipinski definition) is 2. The molecule has 0 aromatic heterocycles. The van der Waals surface area contributed by atoms with Gasteiger partial charge in [0.2, 0.25) is 12.7 Å². The van der Waals surface area contributed by atoms with Crippen LogP contribution in [-0.2, 0) is 4.79 Å². The maximum absolute atomic E-state index is 12.3. The molecule has 4 rings (SSSR count). The standard InChI is InChI=1S/C19H21N3O4/c23-16-4-2-1-3-15(16)22-9-7-21(8-10-22)12-19(24)20-14-5-6-17-18(11-14)26-13-25-17/h1-6,11,23H,7-10,12-13H2,(H,20,24). The topological polar surface area (TPSA) is 74.3 Å². The zero-order valence-corrected chi connectivity index (χ0v) is 14.4. The Balaban J connectivity index is 1.29. The number of benzene rings is 2. The molecule has 1 saturated heterocycles. The average molecular weight is 355 g/mol. The number of anilines is 2. The Morgan fingerprint density at radius 3 is 2.62 bits per heavy atom. The van der Waals surface area contributed by atoms with E-state index >= 15 is 0 Å². The van der Waals surface area contributed by atoms with Gasteiger partial charge in [0.15, 0.2) is 11.5 Å². The van der Waals surface area contributed by atoms with Crippen LogP contribution in [0, 0.1) is 0 Å². The summed E-state index contributed by atoms with van der Waals surface area (Å²) in [6.45, 7) is 3.63. The largest absolute Gasteiger partial charge is 0.506 e. The molecule has 2 aromatic carbocycles. The Morgan fingerprint density at radius 1 is 1.04 bits per heavy atom. The summed E-state index contributed by atoms with van der Waals surface area (Å²) in [6, 6.07) is 12.7. The first-order chi connectivity index (χ1) is 12.7. The molecular formula is C19H21N3O4. The lowest BCUT2D eigenvalue weighted by molar-refractivity contribution is -0.117. The number of aromatic hydroxyl groups is 1. The molecule has 136 valence electrons. The van der Waals surface area contributed by atoms with Crippen molar-refractivity contribution in [1.82, 2.24) is 4.90 Å². The lowest BCUT2D eigenvalue weighted by atomic mass is 10.2. The molecule has 0 unspecified atom stereocenters. The van der Waals surface area contributed by atoms with E-state index in [0.29, 0.717) is 29.5 Å². The van der Waals surface area contributed by atoms with Crippen molar-refractivity contribution in [2.45, 2.75) is 0 Å². The van der Waals surface area contributed by atoms with Gasteiger partial charge >= 0.3 is 0 Å². The summed E-state index contributed by atoms with van der Waals surface area (Å²) in [6.07, 6.45) is 0. The van der Waals surface area contributed by atoms with Crippen molar-refractivity contribution >= 4 is 17.3 Å². The van der Waals surface area contributed by atoms with Gasteiger partial charge in [0.1, 0.15) is 5.75 Å². The summed E-state index contributed by atoms with van der Waals surface area (Å²) >= 11 is 0. The van der Waals surface area contributed by atoms with Gasteiger partial charge in [-0.15, -0.1) is 0 Å². The van der Waals surface area contributed by atoms with Crippen LogP contribution >= 0.6 is 0 Å². The number of nitrogens with zero attached hydrogens (tertiary/aromatic N) is 2. The molecule has 0 aliphatic carbocycles. The maximum atomic E-state index is 12.3. The van der Waals surface area contributed by atoms with E-state index in [4.69, 9.17) is 9.47 Å². The second-order valence-electron chi connectivity index (χ2n) is 6.37. The Bertz CT molecular complexity index is 803. The van der Waals surface area contributed by atoms with Gasteiger partial charge in [0.25, 0.3) is 0 Å². The SMILES string of the molecule is O=C(CN1CCN(c2ccccc2O)CC1)Nc1ccc2c(c1)OCO2. The summed E-state index contributed by atoms with van der Waals surface area (Å²) in [4.78, 5) is 16.6. The summed E-state index contributed by atoms with van der Waals surface area (Å²) < 4.78 is 10.6. The first-order valence-electron chi connectivity index (χ1n) is 8.64.